The van der Waals surface area contributed by atoms with Crippen molar-refractivity contribution in [3.63, 3.8) is 0 Å². The molecule has 0 saturated heterocycles. The standard InChI is InChI=1S/C52H89NO5/c1-4-7-10-13-16-19-22-25-28-31-34-37-40-43-48(58-52(57)45-42-39-36-33-30-27-24-21-18-15-12-9-6-3)46-51(56)53-49(47-54)50(55)44-41-38-35-32-29-26-23-20-17-14-11-8-5-2/h7,9-10,12-13,15-16,18-19,21-22,24,27,30,48-50,54-55H,4-6,8,11,14,17,20,23,25-26,28-29,31-47H2,1-3H3,(H,53,56)/b10-7+,12-9+,16-13+,18-15+,22-19+,24-21-,30-27-. The van der Waals surface area contributed by atoms with Gasteiger partial charge in [0.05, 0.1) is 25.2 Å². The van der Waals surface area contributed by atoms with Crippen LogP contribution >= 0.6 is 0 Å². The number of hydrogen-bond donors (Lipinski definition) is 3. The second-order valence-electron chi connectivity index (χ2n) is 15.9. The number of aliphatic hydroxyl groups is 2. The highest BCUT2D eigenvalue weighted by atomic mass is 16.5. The third-order valence-corrected chi connectivity index (χ3v) is 10.4. The molecule has 0 saturated carbocycles. The van der Waals surface area contributed by atoms with E-state index in [0.29, 0.717) is 19.3 Å². The second kappa shape index (κ2) is 45.1. The molecule has 0 aromatic carbocycles. The van der Waals surface area contributed by atoms with Crippen molar-refractivity contribution >= 4 is 11.9 Å². The van der Waals surface area contributed by atoms with Crippen LogP contribution in [-0.4, -0.2) is 46.9 Å². The third kappa shape index (κ3) is 39.8. The fourth-order valence-corrected chi connectivity index (χ4v) is 6.79. The summed E-state index contributed by atoms with van der Waals surface area (Å²) in [6.07, 6.45) is 57.8. The summed E-state index contributed by atoms with van der Waals surface area (Å²) in [6, 6.07) is -0.720. The van der Waals surface area contributed by atoms with E-state index in [0.717, 1.165) is 96.3 Å². The zero-order valence-electron chi connectivity index (χ0n) is 37.6. The molecule has 58 heavy (non-hydrogen) atoms. The van der Waals surface area contributed by atoms with Crippen LogP contribution in [0.25, 0.3) is 0 Å². The van der Waals surface area contributed by atoms with Crippen LogP contribution in [0.5, 0.6) is 0 Å². The highest BCUT2D eigenvalue weighted by Crippen LogP contribution is 2.17. The van der Waals surface area contributed by atoms with Gasteiger partial charge in [-0.3, -0.25) is 9.59 Å². The largest absolute Gasteiger partial charge is 0.462 e. The first kappa shape index (κ1) is 55.0. The van der Waals surface area contributed by atoms with Crippen molar-refractivity contribution < 1.29 is 24.5 Å². The molecule has 3 N–H and O–H groups in total. The van der Waals surface area contributed by atoms with Crippen molar-refractivity contribution in [1.29, 1.82) is 0 Å². The molecular weight excluding hydrogens is 719 g/mol. The summed E-state index contributed by atoms with van der Waals surface area (Å²) >= 11 is 0. The number of carbonyl (C=O) groups is 2. The molecule has 6 nitrogen and oxygen atoms in total. The molecule has 3 unspecified atom stereocenters. The van der Waals surface area contributed by atoms with Gasteiger partial charge in [0.1, 0.15) is 6.10 Å². The molecule has 332 valence electrons. The number of amides is 1. The molecule has 0 spiro atoms. The van der Waals surface area contributed by atoms with Crippen molar-refractivity contribution in [2.75, 3.05) is 6.61 Å². The van der Waals surface area contributed by atoms with Gasteiger partial charge >= 0.3 is 5.97 Å². The number of nitrogens with one attached hydrogen (secondary N) is 1. The molecule has 0 heterocycles. The monoisotopic (exact) mass is 808 g/mol. The minimum Gasteiger partial charge on any atom is -0.462 e. The Bertz CT molecular complexity index is 1130. The predicted molar refractivity (Wildman–Crippen MR) is 250 cm³/mol. The van der Waals surface area contributed by atoms with Crippen molar-refractivity contribution in [3.05, 3.63) is 85.1 Å². The molecule has 0 aliphatic rings. The van der Waals surface area contributed by atoms with Gasteiger partial charge in [0.15, 0.2) is 0 Å². The number of rotatable bonds is 41. The van der Waals surface area contributed by atoms with Crippen molar-refractivity contribution in [1.82, 2.24) is 5.32 Å². The van der Waals surface area contributed by atoms with E-state index < -0.39 is 18.2 Å². The molecule has 0 aromatic heterocycles. The smallest absolute Gasteiger partial charge is 0.306 e. The lowest BCUT2D eigenvalue weighted by Crippen LogP contribution is -2.46. The number of esters is 1. The van der Waals surface area contributed by atoms with Gasteiger partial charge in [-0.25, -0.2) is 0 Å². The maximum Gasteiger partial charge on any atom is 0.306 e. The molecule has 1 amide bonds. The lowest BCUT2D eigenvalue weighted by atomic mass is 10.0. The summed E-state index contributed by atoms with van der Waals surface area (Å²) in [5.74, 6) is -0.548. The Morgan fingerprint density at radius 3 is 1.41 bits per heavy atom. The average molecular weight is 808 g/mol. The van der Waals surface area contributed by atoms with Gasteiger partial charge in [0.25, 0.3) is 0 Å². The molecule has 0 fully saturated rings. The van der Waals surface area contributed by atoms with Crippen LogP contribution in [-0.2, 0) is 14.3 Å². The summed E-state index contributed by atoms with van der Waals surface area (Å²) in [5.41, 5.74) is 0. The molecule has 0 aromatic rings. The van der Waals surface area contributed by atoms with E-state index in [1.165, 1.54) is 64.2 Å². The SMILES string of the molecule is CC/C=C/C=C/C=C\C=C/CCCCCC(=O)OC(CCCCCCC/C=C/C=C/C=C/CC)CC(=O)NC(CO)C(O)CCCCCCCCCCCCCCC. The van der Waals surface area contributed by atoms with E-state index >= 15 is 0 Å². The molecule has 0 radical (unpaired) electrons. The number of carbonyl (C=O) groups excluding carboxylic acids is 2. The first-order chi connectivity index (χ1) is 28.5. The summed E-state index contributed by atoms with van der Waals surface area (Å²) < 4.78 is 5.88. The number of hydrogen-bond acceptors (Lipinski definition) is 5. The lowest BCUT2D eigenvalue weighted by molar-refractivity contribution is -0.151. The number of aliphatic hydroxyl groups excluding tert-OH is 2. The number of ether oxygens (including phenoxy) is 1. The van der Waals surface area contributed by atoms with Crippen molar-refractivity contribution in [2.24, 2.45) is 0 Å². The van der Waals surface area contributed by atoms with Crippen molar-refractivity contribution in [2.45, 2.75) is 225 Å². The molecule has 0 aliphatic carbocycles. The number of unbranched alkanes of at least 4 members (excludes halogenated alkanes) is 20. The fraction of sp³-hybridized carbons (Fsp3) is 0.692. The van der Waals surface area contributed by atoms with E-state index in [-0.39, 0.29) is 24.9 Å². The van der Waals surface area contributed by atoms with Gasteiger partial charge in [-0.15, -0.1) is 0 Å². The van der Waals surface area contributed by atoms with Crippen LogP contribution < -0.4 is 5.32 Å². The normalized spacial score (nSPS) is 14.1. The average Bonchev–Trinajstić information content (AvgIpc) is 3.22. The van der Waals surface area contributed by atoms with E-state index in [4.69, 9.17) is 4.74 Å². The zero-order valence-corrected chi connectivity index (χ0v) is 37.6. The number of allylic oxidation sites excluding steroid dienone is 14. The quantitative estimate of drug-likeness (QED) is 0.0325. The Morgan fingerprint density at radius 1 is 0.517 bits per heavy atom. The maximum atomic E-state index is 13.2. The first-order valence-electron chi connectivity index (χ1n) is 23.9. The Balaban J connectivity index is 4.69. The summed E-state index contributed by atoms with van der Waals surface area (Å²) in [6.45, 7) is 6.18. The minimum absolute atomic E-state index is 0.0435. The molecule has 0 rings (SSSR count). The Hall–Kier alpha value is -2.96. The molecule has 0 bridgehead atoms. The topological polar surface area (TPSA) is 95.9 Å². The van der Waals surface area contributed by atoms with E-state index in [9.17, 15) is 19.8 Å². The Kier molecular flexibility index (Phi) is 42.8. The van der Waals surface area contributed by atoms with Gasteiger partial charge in [0.2, 0.25) is 5.91 Å². The van der Waals surface area contributed by atoms with Gasteiger partial charge in [-0.1, -0.05) is 215 Å². The second-order valence-corrected chi connectivity index (χ2v) is 15.9. The predicted octanol–water partition coefficient (Wildman–Crippen LogP) is 14.0. The lowest BCUT2D eigenvalue weighted by Gasteiger charge is -2.24. The summed E-state index contributed by atoms with van der Waals surface area (Å²) in [4.78, 5) is 26.0. The van der Waals surface area contributed by atoms with Crippen LogP contribution in [0.2, 0.25) is 0 Å². The first-order valence-corrected chi connectivity index (χ1v) is 23.9. The third-order valence-electron chi connectivity index (χ3n) is 10.4. The van der Waals surface area contributed by atoms with E-state index in [1.807, 2.05) is 30.4 Å². The van der Waals surface area contributed by atoms with Crippen LogP contribution in [0.4, 0.5) is 0 Å². The van der Waals surface area contributed by atoms with Crippen molar-refractivity contribution in [3.8, 4) is 0 Å². The van der Waals surface area contributed by atoms with Crippen LogP contribution in [0, 0.1) is 0 Å². The zero-order chi connectivity index (χ0) is 42.4. The van der Waals surface area contributed by atoms with E-state index in [2.05, 4.69) is 80.8 Å². The van der Waals surface area contributed by atoms with Crippen LogP contribution in [0.1, 0.15) is 207 Å². The highest BCUT2D eigenvalue weighted by molar-refractivity contribution is 5.77. The highest BCUT2D eigenvalue weighted by Gasteiger charge is 2.24. The van der Waals surface area contributed by atoms with Gasteiger partial charge in [0, 0.05) is 6.42 Å². The Labute approximate surface area is 357 Å². The van der Waals surface area contributed by atoms with Gasteiger partial charge in [-0.05, 0) is 64.2 Å². The fourth-order valence-electron chi connectivity index (χ4n) is 6.79. The molecule has 0 aliphatic heterocycles. The van der Waals surface area contributed by atoms with E-state index in [1.54, 1.807) is 0 Å². The van der Waals surface area contributed by atoms with Gasteiger partial charge in [-0.2, -0.15) is 0 Å². The molecular formula is C52H89NO5. The van der Waals surface area contributed by atoms with Gasteiger partial charge < -0.3 is 20.3 Å². The summed E-state index contributed by atoms with van der Waals surface area (Å²) in [5, 5.41) is 23.7. The summed E-state index contributed by atoms with van der Waals surface area (Å²) in [7, 11) is 0. The molecule has 6 heteroatoms. The van der Waals surface area contributed by atoms with Crippen LogP contribution in [0.15, 0.2) is 85.1 Å². The van der Waals surface area contributed by atoms with Crippen LogP contribution in [0.3, 0.4) is 0 Å². The maximum absolute atomic E-state index is 13.2. The Morgan fingerprint density at radius 2 is 0.931 bits per heavy atom. The minimum atomic E-state index is -0.804. The molecule has 3 atom stereocenters.